The van der Waals surface area contributed by atoms with Crippen LogP contribution in [0.1, 0.15) is 25.7 Å². The van der Waals surface area contributed by atoms with Gasteiger partial charge >= 0.3 is 0 Å². The van der Waals surface area contributed by atoms with E-state index in [0.717, 1.165) is 0 Å². The van der Waals surface area contributed by atoms with Gasteiger partial charge in [0.2, 0.25) is 0 Å². The van der Waals surface area contributed by atoms with Crippen molar-refractivity contribution in [2.45, 2.75) is 44.2 Å². The Morgan fingerprint density at radius 1 is 1.05 bits per heavy atom. The predicted molar refractivity (Wildman–Crippen MR) is 70.5 cm³/mol. The van der Waals surface area contributed by atoms with E-state index in [-0.39, 0.29) is 19.3 Å². The molecule has 4 nitrogen and oxygen atoms in total. The van der Waals surface area contributed by atoms with Crippen LogP contribution in [0.15, 0.2) is 0 Å². The Labute approximate surface area is 117 Å². The molecule has 0 aliphatic heterocycles. The zero-order valence-electron chi connectivity index (χ0n) is 11.7. The van der Waals surface area contributed by atoms with Crippen LogP contribution in [-0.2, 0) is 10.1 Å². The Balaban J connectivity index is 0. The Hall–Kier alpha value is -0.410. The molecule has 0 aromatic carbocycles. The van der Waals surface area contributed by atoms with Crippen molar-refractivity contribution in [3.8, 4) is 0 Å². The molecular formula is C11H23F4NO3S. The smallest absolute Gasteiger partial charge is 0.267 e. The maximum absolute atomic E-state index is 13.1. The summed E-state index contributed by atoms with van der Waals surface area (Å²) in [6.45, 7) is -0.551. The molecule has 0 aliphatic carbocycles. The van der Waals surface area contributed by atoms with Gasteiger partial charge < -0.3 is 5.32 Å². The fourth-order valence-corrected chi connectivity index (χ4v) is 1.88. The number of nitrogens with one attached hydrogen (secondary N) is 1. The molecule has 3 unspecified atom stereocenters. The van der Waals surface area contributed by atoms with E-state index in [1.165, 1.54) is 0 Å². The molecule has 0 heterocycles. The fourth-order valence-electron chi connectivity index (χ4n) is 1.29. The molecule has 124 valence electrons. The third-order valence-electron chi connectivity index (χ3n) is 2.17. The van der Waals surface area contributed by atoms with Crippen LogP contribution in [0.5, 0.6) is 0 Å². The summed E-state index contributed by atoms with van der Waals surface area (Å²) < 4.78 is 79.4. The minimum absolute atomic E-state index is 0.199. The number of hydrogen-bond acceptors (Lipinski definition) is 3. The van der Waals surface area contributed by atoms with Crippen LogP contribution in [0.25, 0.3) is 0 Å². The average Bonchev–Trinajstić information content (AvgIpc) is 2.32. The molecule has 0 rings (SSSR count). The molecule has 2 N–H and O–H groups in total. The summed E-state index contributed by atoms with van der Waals surface area (Å²) in [6, 6.07) is 0. The largest absolute Gasteiger partial charge is 0.323 e. The second-order valence-corrected chi connectivity index (χ2v) is 5.76. The maximum atomic E-state index is 13.1. The maximum Gasteiger partial charge on any atom is 0.267 e. The van der Waals surface area contributed by atoms with Crippen molar-refractivity contribution in [1.29, 1.82) is 0 Å². The van der Waals surface area contributed by atoms with Crippen LogP contribution < -0.4 is 5.32 Å². The van der Waals surface area contributed by atoms with E-state index >= 15 is 0 Å². The summed E-state index contributed by atoms with van der Waals surface area (Å²) in [5, 5.41) is 2.75. The van der Waals surface area contributed by atoms with Gasteiger partial charge in [-0.05, 0) is 26.9 Å². The van der Waals surface area contributed by atoms with Crippen molar-refractivity contribution in [2.75, 3.05) is 26.5 Å². The molecule has 3 atom stereocenters. The first kappa shape index (κ1) is 21.9. The first-order chi connectivity index (χ1) is 9.19. The van der Waals surface area contributed by atoms with E-state index in [9.17, 15) is 26.0 Å². The first-order valence-corrected chi connectivity index (χ1v) is 7.82. The van der Waals surface area contributed by atoms with Gasteiger partial charge in [0, 0.05) is 0 Å². The molecule has 0 saturated heterocycles. The predicted octanol–water partition coefficient (Wildman–Crippen LogP) is 2.25. The number of hydrogen-bond donors (Lipinski definition) is 2. The molecule has 0 aromatic rings. The molecule has 0 saturated carbocycles. The van der Waals surface area contributed by atoms with Gasteiger partial charge in [-0.1, -0.05) is 12.8 Å². The van der Waals surface area contributed by atoms with Gasteiger partial charge in [-0.25, -0.2) is 13.2 Å². The van der Waals surface area contributed by atoms with E-state index in [4.69, 9.17) is 4.55 Å². The Morgan fingerprint density at radius 2 is 1.55 bits per heavy atom. The summed E-state index contributed by atoms with van der Waals surface area (Å²) in [5.74, 6) is -1.46. The summed E-state index contributed by atoms with van der Waals surface area (Å²) in [7, 11) is -0.912. The molecule has 0 radical (unpaired) electrons. The summed E-state index contributed by atoms with van der Waals surface area (Å²) >= 11 is 0. The van der Waals surface area contributed by atoms with Crippen LogP contribution in [0, 0.1) is 0 Å². The standard InChI is InChI=1S/C9H16F4O3S.C2H7N/c10-5-3-1-2-4-7(11)9(13)8(12)6-17(14,15)16;1-3-2/h7-9H,1-6H2,(H,14,15,16);3H,1-2H3. The van der Waals surface area contributed by atoms with Crippen LogP contribution in [0.4, 0.5) is 17.6 Å². The quantitative estimate of drug-likeness (QED) is 0.388. The van der Waals surface area contributed by atoms with Crippen LogP contribution in [0.2, 0.25) is 0 Å². The lowest BCUT2D eigenvalue weighted by Crippen LogP contribution is -2.33. The van der Waals surface area contributed by atoms with Crippen LogP contribution in [0.3, 0.4) is 0 Å². The van der Waals surface area contributed by atoms with Crippen LogP contribution >= 0.6 is 0 Å². The lowest BCUT2D eigenvalue weighted by molar-refractivity contribution is 0.0853. The van der Waals surface area contributed by atoms with E-state index < -0.39 is 41.1 Å². The van der Waals surface area contributed by atoms with Crippen molar-refractivity contribution >= 4 is 10.1 Å². The molecule has 0 spiro atoms. The minimum atomic E-state index is -4.66. The van der Waals surface area contributed by atoms with Gasteiger partial charge in [0.05, 0.1) is 6.67 Å². The van der Waals surface area contributed by atoms with Gasteiger partial charge in [-0.3, -0.25) is 8.94 Å². The number of halogens is 4. The molecular weight excluding hydrogens is 302 g/mol. The molecule has 0 fully saturated rings. The highest BCUT2D eigenvalue weighted by molar-refractivity contribution is 7.85. The van der Waals surface area contributed by atoms with Crippen LogP contribution in [-0.4, -0.2) is 58.0 Å². The highest BCUT2D eigenvalue weighted by Gasteiger charge is 2.32. The summed E-state index contributed by atoms with van der Waals surface area (Å²) in [4.78, 5) is 0. The van der Waals surface area contributed by atoms with Crippen molar-refractivity contribution in [3.05, 3.63) is 0 Å². The second-order valence-electron chi connectivity index (χ2n) is 4.26. The zero-order chi connectivity index (χ0) is 16.2. The van der Waals surface area contributed by atoms with Crippen molar-refractivity contribution < 1.29 is 30.5 Å². The molecule has 20 heavy (non-hydrogen) atoms. The van der Waals surface area contributed by atoms with E-state index in [2.05, 4.69) is 5.32 Å². The fraction of sp³-hybridized carbons (Fsp3) is 1.00. The summed E-state index contributed by atoms with van der Waals surface area (Å²) in [6.07, 6.45) is -6.85. The molecule has 0 aliphatic rings. The van der Waals surface area contributed by atoms with Gasteiger partial charge in [0.1, 0.15) is 11.9 Å². The summed E-state index contributed by atoms with van der Waals surface area (Å²) in [5.41, 5.74) is 0. The lowest BCUT2D eigenvalue weighted by atomic mass is 10.1. The minimum Gasteiger partial charge on any atom is -0.323 e. The van der Waals surface area contributed by atoms with Crippen molar-refractivity contribution in [2.24, 2.45) is 0 Å². The third-order valence-corrected chi connectivity index (χ3v) is 2.91. The zero-order valence-corrected chi connectivity index (χ0v) is 12.5. The van der Waals surface area contributed by atoms with Gasteiger partial charge in [-0.2, -0.15) is 8.42 Å². The normalized spacial score (nSPS) is 15.9. The first-order valence-electron chi connectivity index (χ1n) is 6.21. The second kappa shape index (κ2) is 12.3. The monoisotopic (exact) mass is 325 g/mol. The highest BCUT2D eigenvalue weighted by atomic mass is 32.2. The molecule has 0 amide bonds. The molecule has 0 bridgehead atoms. The molecule has 0 aromatic heterocycles. The number of alkyl halides is 4. The highest BCUT2D eigenvalue weighted by Crippen LogP contribution is 2.19. The Kier molecular flexibility index (Phi) is 13.5. The number of rotatable bonds is 9. The lowest BCUT2D eigenvalue weighted by Gasteiger charge is -2.16. The topological polar surface area (TPSA) is 66.4 Å². The molecule has 9 heteroatoms. The number of unbranched alkanes of at least 4 members (excludes halogenated alkanes) is 2. The van der Waals surface area contributed by atoms with Gasteiger partial charge in [0.15, 0.2) is 12.3 Å². The average molecular weight is 325 g/mol. The van der Waals surface area contributed by atoms with E-state index in [1.807, 2.05) is 14.1 Å². The van der Waals surface area contributed by atoms with Crippen molar-refractivity contribution in [1.82, 2.24) is 5.32 Å². The third kappa shape index (κ3) is 14.0. The Morgan fingerprint density at radius 3 is 1.95 bits per heavy atom. The SMILES string of the molecule is CNC.O=S(=O)(O)CC(F)C(F)C(F)CCCCCF. The van der Waals surface area contributed by atoms with Gasteiger partial charge in [0.25, 0.3) is 10.1 Å². The van der Waals surface area contributed by atoms with E-state index in [0.29, 0.717) is 6.42 Å². The van der Waals surface area contributed by atoms with Crippen molar-refractivity contribution in [3.63, 3.8) is 0 Å². The van der Waals surface area contributed by atoms with E-state index in [1.54, 1.807) is 0 Å². The van der Waals surface area contributed by atoms with Gasteiger partial charge in [-0.15, -0.1) is 0 Å². The Bertz CT molecular complexity index is 317.